The fraction of sp³-hybridized carbons (Fsp3) is 0.286. The van der Waals surface area contributed by atoms with E-state index in [4.69, 9.17) is 5.14 Å². The molecule has 1 aromatic rings. The molecule has 0 aliphatic rings. The van der Waals surface area contributed by atoms with E-state index >= 15 is 0 Å². The van der Waals surface area contributed by atoms with E-state index < -0.39 is 33.6 Å². The van der Waals surface area contributed by atoms with Gasteiger partial charge in [-0.25, -0.2) is 18.5 Å². The largest absolute Gasteiger partial charge is 0.467 e. The molecule has 16 heavy (non-hydrogen) atoms. The highest BCUT2D eigenvalue weighted by Gasteiger charge is 2.30. The van der Waals surface area contributed by atoms with Crippen LogP contribution in [0, 0.1) is 0 Å². The van der Waals surface area contributed by atoms with Gasteiger partial charge in [-0.1, -0.05) is 0 Å². The van der Waals surface area contributed by atoms with Crippen LogP contribution < -0.4 is 9.88 Å². The summed E-state index contributed by atoms with van der Waals surface area (Å²) in [5, 5.41) is 4.77. The summed E-state index contributed by atoms with van der Waals surface area (Å²) in [7, 11) is -4.16. The summed E-state index contributed by atoms with van der Waals surface area (Å²) < 4.78 is 61.7. The molecule has 1 heterocycles. The Morgan fingerprint density at radius 1 is 1.44 bits per heavy atom. The van der Waals surface area contributed by atoms with E-state index in [2.05, 4.69) is 9.72 Å². The Morgan fingerprint density at radius 2 is 2.06 bits per heavy atom. The van der Waals surface area contributed by atoms with E-state index in [1.165, 1.54) is 6.07 Å². The molecule has 0 atom stereocenters. The van der Waals surface area contributed by atoms with E-state index in [9.17, 15) is 21.6 Å². The number of hydrogen-bond donors (Lipinski definition) is 1. The van der Waals surface area contributed by atoms with Crippen LogP contribution in [0.3, 0.4) is 0 Å². The number of hydrogen-bond acceptors (Lipinski definition) is 4. The summed E-state index contributed by atoms with van der Waals surface area (Å²) in [5.41, 5.74) is 0. The van der Waals surface area contributed by atoms with Crippen molar-refractivity contribution in [1.82, 2.24) is 4.98 Å². The minimum Gasteiger partial charge on any atom is -0.467 e. The Balaban J connectivity index is 2.97. The van der Waals surface area contributed by atoms with Crippen LogP contribution in [0.15, 0.2) is 23.2 Å². The first kappa shape index (κ1) is 12.7. The van der Waals surface area contributed by atoms with Crippen LogP contribution >= 0.6 is 0 Å². The molecule has 1 aromatic heterocycles. The van der Waals surface area contributed by atoms with Gasteiger partial charge in [0, 0.05) is 6.20 Å². The van der Waals surface area contributed by atoms with Gasteiger partial charge in [0.1, 0.15) is 4.90 Å². The Kier molecular flexibility index (Phi) is 3.38. The van der Waals surface area contributed by atoms with Crippen LogP contribution in [0.5, 0.6) is 5.88 Å². The summed E-state index contributed by atoms with van der Waals surface area (Å²) in [6, 6.07) is 2.23. The lowest BCUT2D eigenvalue weighted by Gasteiger charge is -2.10. The first-order valence-electron chi connectivity index (χ1n) is 3.87. The molecule has 0 amide bonds. The fourth-order valence-corrected chi connectivity index (χ4v) is 1.47. The number of halogens is 3. The molecule has 0 bridgehead atoms. The maximum atomic E-state index is 11.8. The van der Waals surface area contributed by atoms with Crippen molar-refractivity contribution in [3.63, 3.8) is 0 Å². The van der Waals surface area contributed by atoms with E-state index in [-0.39, 0.29) is 0 Å². The zero-order chi connectivity index (χ0) is 12.4. The predicted molar refractivity (Wildman–Crippen MR) is 47.2 cm³/mol. The maximum Gasteiger partial charge on any atom is 0.422 e. The number of nitrogens with zero attached hydrogens (tertiary/aromatic N) is 1. The van der Waals surface area contributed by atoms with Crippen LogP contribution in [0.2, 0.25) is 0 Å². The molecule has 0 saturated carbocycles. The van der Waals surface area contributed by atoms with Gasteiger partial charge in [-0.3, -0.25) is 0 Å². The van der Waals surface area contributed by atoms with Crippen molar-refractivity contribution in [2.24, 2.45) is 5.14 Å². The first-order valence-corrected chi connectivity index (χ1v) is 5.42. The highest BCUT2D eigenvalue weighted by Crippen LogP contribution is 2.22. The molecular formula is C7H7F3N2O3S. The molecule has 90 valence electrons. The predicted octanol–water partition coefficient (Wildman–Crippen LogP) is 0.670. The van der Waals surface area contributed by atoms with E-state index in [1.54, 1.807) is 0 Å². The topological polar surface area (TPSA) is 82.3 Å². The number of primary sulfonamides is 1. The molecule has 5 nitrogen and oxygen atoms in total. The van der Waals surface area contributed by atoms with Crippen molar-refractivity contribution >= 4 is 10.0 Å². The Labute approximate surface area is 89.1 Å². The number of nitrogens with two attached hydrogens (primary N) is 1. The summed E-state index contributed by atoms with van der Waals surface area (Å²) in [5.74, 6) is -0.665. The van der Waals surface area contributed by atoms with Gasteiger partial charge in [-0.15, -0.1) is 0 Å². The molecule has 0 unspecified atom stereocenters. The van der Waals surface area contributed by atoms with Gasteiger partial charge >= 0.3 is 6.18 Å². The van der Waals surface area contributed by atoms with Crippen molar-refractivity contribution in [3.8, 4) is 5.88 Å². The second kappa shape index (κ2) is 4.26. The summed E-state index contributed by atoms with van der Waals surface area (Å²) in [6.07, 6.45) is -3.48. The monoisotopic (exact) mass is 256 g/mol. The maximum absolute atomic E-state index is 11.8. The third-order valence-electron chi connectivity index (χ3n) is 1.42. The fourth-order valence-electron chi connectivity index (χ4n) is 0.851. The van der Waals surface area contributed by atoms with Gasteiger partial charge in [0.15, 0.2) is 6.61 Å². The van der Waals surface area contributed by atoms with E-state index in [0.29, 0.717) is 0 Å². The van der Waals surface area contributed by atoms with Crippen LogP contribution in [-0.2, 0) is 10.0 Å². The minimum absolute atomic E-state index is 0.584. The molecule has 1 rings (SSSR count). The van der Waals surface area contributed by atoms with Gasteiger partial charge in [-0.05, 0) is 12.1 Å². The highest BCUT2D eigenvalue weighted by atomic mass is 32.2. The molecule has 0 aliphatic heterocycles. The summed E-state index contributed by atoms with van der Waals surface area (Å²) >= 11 is 0. The van der Waals surface area contributed by atoms with Crippen molar-refractivity contribution in [3.05, 3.63) is 18.3 Å². The molecule has 0 radical (unpaired) electrons. The Morgan fingerprint density at radius 3 is 2.56 bits per heavy atom. The Hall–Kier alpha value is -1.35. The first-order chi connectivity index (χ1) is 7.20. The van der Waals surface area contributed by atoms with Crippen LogP contribution in [0.25, 0.3) is 0 Å². The SMILES string of the molecule is NS(=O)(=O)c1cccnc1OCC(F)(F)F. The number of rotatable bonds is 3. The number of sulfonamides is 1. The van der Waals surface area contributed by atoms with Gasteiger partial charge in [0.05, 0.1) is 0 Å². The summed E-state index contributed by atoms with van der Waals surface area (Å²) in [6.45, 7) is -1.63. The normalized spacial score (nSPS) is 12.5. The molecule has 0 fully saturated rings. The molecule has 0 aliphatic carbocycles. The molecule has 0 spiro atoms. The quantitative estimate of drug-likeness (QED) is 0.861. The standard InChI is InChI=1S/C7H7F3N2O3S/c8-7(9,10)4-15-6-5(16(11,13)14)2-1-3-12-6/h1-3H,4H2,(H2,11,13,14). The van der Waals surface area contributed by atoms with Crippen molar-refractivity contribution in [1.29, 1.82) is 0 Å². The van der Waals surface area contributed by atoms with Gasteiger partial charge in [-0.2, -0.15) is 13.2 Å². The molecule has 2 N–H and O–H groups in total. The number of ether oxygens (including phenoxy) is 1. The zero-order valence-corrected chi connectivity index (χ0v) is 8.55. The number of pyridine rings is 1. The lowest BCUT2D eigenvalue weighted by atomic mass is 10.5. The number of alkyl halides is 3. The summed E-state index contributed by atoms with van der Waals surface area (Å²) in [4.78, 5) is 2.78. The third kappa shape index (κ3) is 3.66. The molecular weight excluding hydrogens is 249 g/mol. The van der Waals surface area contributed by atoms with E-state index in [0.717, 1.165) is 12.3 Å². The third-order valence-corrected chi connectivity index (χ3v) is 2.34. The van der Waals surface area contributed by atoms with Crippen LogP contribution in [0.1, 0.15) is 0 Å². The highest BCUT2D eigenvalue weighted by molar-refractivity contribution is 7.89. The molecule has 0 aromatic carbocycles. The molecule has 0 saturated heterocycles. The van der Waals surface area contributed by atoms with Crippen LogP contribution in [0.4, 0.5) is 13.2 Å². The lowest BCUT2D eigenvalue weighted by Crippen LogP contribution is -2.22. The van der Waals surface area contributed by atoms with Crippen LogP contribution in [-0.4, -0.2) is 26.2 Å². The Bertz CT molecular complexity index is 472. The van der Waals surface area contributed by atoms with E-state index in [1.807, 2.05) is 0 Å². The van der Waals surface area contributed by atoms with Crippen molar-refractivity contribution in [2.45, 2.75) is 11.1 Å². The minimum atomic E-state index is -4.58. The van der Waals surface area contributed by atoms with Gasteiger partial charge < -0.3 is 4.74 Å². The van der Waals surface area contributed by atoms with Gasteiger partial charge in [0.25, 0.3) is 0 Å². The zero-order valence-electron chi connectivity index (χ0n) is 7.73. The van der Waals surface area contributed by atoms with Gasteiger partial charge in [0.2, 0.25) is 15.9 Å². The lowest BCUT2D eigenvalue weighted by molar-refractivity contribution is -0.154. The second-order valence-electron chi connectivity index (χ2n) is 2.76. The average molecular weight is 256 g/mol. The average Bonchev–Trinajstić information content (AvgIpc) is 2.12. The van der Waals surface area contributed by atoms with Crippen molar-refractivity contribution in [2.75, 3.05) is 6.61 Å². The second-order valence-corrected chi connectivity index (χ2v) is 4.29. The number of aromatic nitrogens is 1. The molecule has 9 heteroatoms. The van der Waals surface area contributed by atoms with Crippen molar-refractivity contribution < 1.29 is 26.3 Å². The smallest absolute Gasteiger partial charge is 0.422 e.